The van der Waals surface area contributed by atoms with Gasteiger partial charge in [-0.2, -0.15) is 0 Å². The van der Waals surface area contributed by atoms with Gasteiger partial charge in [0, 0.05) is 26.2 Å². The quantitative estimate of drug-likeness (QED) is 0.113. The number of benzene rings is 3. The molecular formula is C39H50O12. The van der Waals surface area contributed by atoms with E-state index in [0.717, 1.165) is 24.5 Å². The number of fused-ring (bicyclic) bond motifs is 1. The van der Waals surface area contributed by atoms with Crippen LogP contribution in [0.25, 0.3) is 10.8 Å². The number of aromatic hydroxyl groups is 1. The van der Waals surface area contributed by atoms with Crippen LogP contribution in [0, 0.1) is 24.7 Å². The van der Waals surface area contributed by atoms with Crippen molar-refractivity contribution < 1.29 is 59.5 Å². The van der Waals surface area contributed by atoms with Gasteiger partial charge in [0.05, 0.1) is 23.1 Å². The number of aliphatic hydroxyl groups excluding tert-OH is 4. The standard InChI is InChI=1S/C39H50O12/c1-22(28-13-16-49-21-25(28)9-6-15-40)12-14-39(48)31(20-41)51-38(35(44)36(39)45)50-30-19-27(37(46)47)18-26-17-23(2)32(34(43)33(26)30)29(42)11-10-24-7-4-3-5-8-24/h3-5,7-8,17-19,22,25,28,31,35-36,38,40-41,43-45,48H,6,9-16,20-21H2,1-2H3,(H,46,47)/t22-,25+,28-,31-,35-,36-,38-,39-/m1/s1. The summed E-state index contributed by atoms with van der Waals surface area (Å²) in [5.74, 6) is -1.74. The topological polar surface area (TPSA) is 203 Å². The van der Waals surface area contributed by atoms with Gasteiger partial charge in [0.15, 0.2) is 5.78 Å². The van der Waals surface area contributed by atoms with Gasteiger partial charge < -0.3 is 50.0 Å². The van der Waals surface area contributed by atoms with Gasteiger partial charge in [0.1, 0.15) is 35.4 Å². The number of phenolic OH excluding ortho intramolecular Hbond substituents is 1. The molecule has 3 aromatic rings. The van der Waals surface area contributed by atoms with Crippen molar-refractivity contribution in [3.05, 3.63) is 70.8 Å². The molecule has 0 amide bonds. The molecule has 0 bridgehead atoms. The van der Waals surface area contributed by atoms with E-state index in [1.807, 2.05) is 37.3 Å². The number of carboxylic acids is 1. The highest BCUT2D eigenvalue weighted by Crippen LogP contribution is 2.43. The lowest BCUT2D eigenvalue weighted by atomic mass is 9.72. The molecule has 0 aliphatic carbocycles. The summed E-state index contributed by atoms with van der Waals surface area (Å²) in [4.78, 5) is 25.5. The summed E-state index contributed by atoms with van der Waals surface area (Å²) in [6, 6.07) is 13.4. The smallest absolute Gasteiger partial charge is 0.335 e. The summed E-state index contributed by atoms with van der Waals surface area (Å²) < 4.78 is 17.6. The number of ketones is 1. The van der Waals surface area contributed by atoms with Crippen molar-refractivity contribution in [3.8, 4) is 11.5 Å². The Balaban J connectivity index is 1.39. The van der Waals surface area contributed by atoms with E-state index in [9.17, 15) is 45.3 Å². The summed E-state index contributed by atoms with van der Waals surface area (Å²) in [5, 5.41) is 75.7. The SMILES string of the molecule is Cc1cc2cc(C(=O)O)cc(O[C@@H]3O[C@H](CO)[C@](O)(CC[C@@H](C)[C@H]4CCOC[C@@H]4CCCO)[C@H](O)[C@H]3O)c2c(O)c1C(=O)CCc1ccccc1. The monoisotopic (exact) mass is 710 g/mol. The van der Waals surface area contributed by atoms with E-state index in [2.05, 4.69) is 0 Å². The Kier molecular flexibility index (Phi) is 12.7. The normalized spacial score (nSPS) is 27.3. The van der Waals surface area contributed by atoms with Crippen LogP contribution in [0.4, 0.5) is 0 Å². The Morgan fingerprint density at radius 1 is 1.10 bits per heavy atom. The van der Waals surface area contributed by atoms with Gasteiger partial charge in [0.25, 0.3) is 0 Å². The lowest BCUT2D eigenvalue weighted by Gasteiger charge is -2.48. The fourth-order valence-corrected chi connectivity index (χ4v) is 7.83. The zero-order valence-electron chi connectivity index (χ0n) is 29.1. The van der Waals surface area contributed by atoms with Gasteiger partial charge in [-0.1, -0.05) is 43.3 Å². The minimum absolute atomic E-state index is 0.00127. The molecule has 3 aromatic carbocycles. The molecule has 2 saturated heterocycles. The first-order valence-corrected chi connectivity index (χ1v) is 17.7. The summed E-state index contributed by atoms with van der Waals surface area (Å²) in [7, 11) is 0. The maximum Gasteiger partial charge on any atom is 0.335 e. The van der Waals surface area contributed by atoms with Crippen molar-refractivity contribution in [2.24, 2.45) is 17.8 Å². The Morgan fingerprint density at radius 2 is 1.84 bits per heavy atom. The molecule has 278 valence electrons. The van der Waals surface area contributed by atoms with Gasteiger partial charge in [-0.3, -0.25) is 4.79 Å². The number of phenols is 1. The molecule has 8 atom stereocenters. The molecule has 0 unspecified atom stereocenters. The van der Waals surface area contributed by atoms with Crippen LogP contribution in [0.15, 0.2) is 48.5 Å². The second-order valence-electron chi connectivity index (χ2n) is 14.1. The third-order valence-electron chi connectivity index (χ3n) is 10.8. The fourth-order valence-electron chi connectivity index (χ4n) is 7.83. The number of carbonyl (C=O) groups excluding carboxylic acids is 1. The molecule has 0 aromatic heterocycles. The van der Waals surface area contributed by atoms with Crippen LogP contribution in [-0.4, -0.2) is 104 Å². The molecule has 5 rings (SSSR count). The third kappa shape index (κ3) is 8.38. The third-order valence-corrected chi connectivity index (χ3v) is 10.8. The Morgan fingerprint density at radius 3 is 2.53 bits per heavy atom. The highest BCUT2D eigenvalue weighted by atomic mass is 16.7. The number of carboxylic acid groups (broad SMARTS) is 1. The van der Waals surface area contributed by atoms with Gasteiger partial charge in [-0.05, 0) is 91.8 Å². The van der Waals surface area contributed by atoms with Crippen molar-refractivity contribution >= 4 is 22.5 Å². The predicted molar refractivity (Wildman–Crippen MR) is 187 cm³/mol. The number of Topliss-reactive ketones (excluding diaryl/α,β-unsaturated/α-hetero) is 1. The molecule has 51 heavy (non-hydrogen) atoms. The molecule has 2 heterocycles. The first-order valence-electron chi connectivity index (χ1n) is 17.7. The number of hydrogen-bond donors (Lipinski definition) is 7. The van der Waals surface area contributed by atoms with Crippen LogP contribution >= 0.6 is 0 Å². The number of hydrogen-bond acceptors (Lipinski definition) is 11. The summed E-state index contributed by atoms with van der Waals surface area (Å²) in [6.45, 7) is 4.23. The van der Waals surface area contributed by atoms with Crippen LogP contribution in [0.3, 0.4) is 0 Å². The van der Waals surface area contributed by atoms with Crippen molar-refractivity contribution in [1.82, 2.24) is 0 Å². The highest BCUT2D eigenvalue weighted by molar-refractivity contribution is 6.09. The molecule has 12 nitrogen and oxygen atoms in total. The zero-order valence-corrected chi connectivity index (χ0v) is 29.1. The molecule has 2 aliphatic rings. The highest BCUT2D eigenvalue weighted by Gasteiger charge is 2.55. The van der Waals surface area contributed by atoms with Gasteiger partial charge in [-0.25, -0.2) is 4.79 Å². The van der Waals surface area contributed by atoms with E-state index in [0.29, 0.717) is 38.0 Å². The van der Waals surface area contributed by atoms with Crippen LogP contribution in [0.2, 0.25) is 0 Å². The molecule has 7 N–H and O–H groups in total. The summed E-state index contributed by atoms with van der Waals surface area (Å²) in [6.07, 6.45) is -3.56. The Hall–Kier alpha value is -3.62. The van der Waals surface area contributed by atoms with E-state index < -0.39 is 48.5 Å². The van der Waals surface area contributed by atoms with Crippen molar-refractivity contribution in [2.45, 2.75) is 89.0 Å². The minimum atomic E-state index is -2.06. The van der Waals surface area contributed by atoms with Gasteiger partial charge in [0.2, 0.25) is 6.29 Å². The van der Waals surface area contributed by atoms with E-state index >= 15 is 0 Å². The number of aromatic carboxylic acids is 1. The van der Waals surface area contributed by atoms with Gasteiger partial charge >= 0.3 is 5.97 Å². The minimum Gasteiger partial charge on any atom is -0.506 e. The first-order chi connectivity index (χ1) is 24.4. The van der Waals surface area contributed by atoms with Crippen molar-refractivity contribution in [1.29, 1.82) is 0 Å². The van der Waals surface area contributed by atoms with Crippen molar-refractivity contribution in [2.75, 3.05) is 26.4 Å². The second kappa shape index (κ2) is 16.8. The maximum atomic E-state index is 13.4. The molecule has 0 radical (unpaired) electrons. The molecule has 0 spiro atoms. The second-order valence-corrected chi connectivity index (χ2v) is 14.1. The number of aryl methyl sites for hydroxylation is 2. The average Bonchev–Trinajstić information content (AvgIpc) is 3.12. The Bertz CT molecular complexity index is 1660. The summed E-state index contributed by atoms with van der Waals surface area (Å²) in [5.41, 5.74) is -0.858. The molecule has 0 saturated carbocycles. The lowest BCUT2D eigenvalue weighted by Crippen LogP contribution is -2.67. The molecule has 2 fully saturated rings. The fraction of sp³-hybridized carbons (Fsp3) is 0.538. The number of aliphatic hydroxyl groups is 5. The van der Waals surface area contributed by atoms with Crippen LogP contribution < -0.4 is 4.74 Å². The number of ether oxygens (including phenoxy) is 3. The first kappa shape index (κ1) is 38.6. The number of carbonyl (C=O) groups is 2. The Labute approximate surface area is 297 Å². The van der Waals surface area contributed by atoms with Crippen LogP contribution in [0.5, 0.6) is 11.5 Å². The molecule has 2 aliphatic heterocycles. The predicted octanol–water partition coefficient (Wildman–Crippen LogP) is 3.76. The lowest BCUT2D eigenvalue weighted by molar-refractivity contribution is -0.315. The summed E-state index contributed by atoms with van der Waals surface area (Å²) >= 11 is 0. The van der Waals surface area contributed by atoms with Crippen LogP contribution in [-0.2, 0) is 15.9 Å². The molecule has 12 heteroatoms. The average molecular weight is 711 g/mol. The van der Waals surface area contributed by atoms with E-state index in [4.69, 9.17) is 14.2 Å². The largest absolute Gasteiger partial charge is 0.506 e. The van der Waals surface area contributed by atoms with E-state index in [1.165, 1.54) is 6.07 Å². The zero-order chi connectivity index (χ0) is 36.9. The van der Waals surface area contributed by atoms with Crippen LogP contribution in [0.1, 0.15) is 77.3 Å². The maximum absolute atomic E-state index is 13.4. The van der Waals surface area contributed by atoms with Gasteiger partial charge in [-0.15, -0.1) is 0 Å². The molecular weight excluding hydrogens is 660 g/mol. The van der Waals surface area contributed by atoms with Crippen molar-refractivity contribution in [3.63, 3.8) is 0 Å². The van der Waals surface area contributed by atoms with E-state index in [1.54, 1.807) is 13.0 Å². The van der Waals surface area contributed by atoms with E-state index in [-0.39, 0.29) is 70.6 Å². The number of rotatable bonds is 15.